The summed E-state index contributed by atoms with van der Waals surface area (Å²) in [5.74, 6) is 2.25. The topological polar surface area (TPSA) is 50.1 Å². The van der Waals surface area contributed by atoms with Crippen LogP contribution in [-0.4, -0.2) is 19.5 Å². The van der Waals surface area contributed by atoms with E-state index in [1.54, 1.807) is 0 Å². The fraction of sp³-hybridized carbons (Fsp3) is 0.0896. The van der Waals surface area contributed by atoms with Crippen LogP contribution in [-0.2, 0) is 0 Å². The van der Waals surface area contributed by atoms with Crippen LogP contribution < -0.4 is 9.80 Å². The Morgan fingerprint density at radius 2 is 0.933 bits per heavy atom. The van der Waals surface area contributed by atoms with E-state index in [0.717, 1.165) is 29.2 Å². The quantitative estimate of drug-likeness (QED) is 0.158. The first-order valence-electron chi connectivity index (χ1n) is 25.9. The fourth-order valence-electron chi connectivity index (χ4n) is 12.6. The van der Waals surface area contributed by atoms with Crippen LogP contribution in [0.2, 0.25) is 0 Å². The lowest BCUT2D eigenvalue weighted by Gasteiger charge is -2.27. The molecule has 6 heterocycles. The minimum absolute atomic E-state index is 0.0240. The molecular weight excluding hydrogens is 953 g/mol. The summed E-state index contributed by atoms with van der Waals surface area (Å²) in [4.78, 5) is 23.5. The van der Waals surface area contributed by atoms with Gasteiger partial charge in [-0.2, -0.15) is 9.97 Å². The summed E-state index contributed by atoms with van der Waals surface area (Å²) in [7, 11) is 0. The van der Waals surface area contributed by atoms with Gasteiger partial charge < -0.3 is 14.4 Å². The van der Waals surface area contributed by atoms with Crippen molar-refractivity contribution in [3.63, 3.8) is 0 Å². The van der Waals surface area contributed by atoms with Crippen molar-refractivity contribution in [3.05, 3.63) is 265 Å². The zero-order valence-electron chi connectivity index (χ0n) is 40.6. The maximum atomic E-state index is 5.36. The third-order valence-electron chi connectivity index (χ3n) is 16.0. The molecule has 5 unspecified atom stereocenters. The van der Waals surface area contributed by atoms with E-state index in [1.165, 1.54) is 87.5 Å². The van der Waals surface area contributed by atoms with Crippen molar-refractivity contribution >= 4 is 68.3 Å². The Balaban J connectivity index is 0.826. The lowest BCUT2D eigenvalue weighted by atomic mass is 9.96. The zero-order chi connectivity index (χ0) is 49.1. The highest BCUT2D eigenvalue weighted by Crippen LogP contribution is 2.66. The van der Waals surface area contributed by atoms with Gasteiger partial charge in [0.25, 0.3) is 0 Å². The van der Waals surface area contributed by atoms with Crippen LogP contribution in [0.3, 0.4) is 0 Å². The summed E-state index contributed by atoms with van der Waals surface area (Å²) in [6.45, 7) is 0. The van der Waals surface area contributed by atoms with E-state index in [4.69, 9.17) is 15.0 Å². The number of nitrogens with zero attached hydrogens (tertiary/aromatic N) is 6. The average Bonchev–Trinajstić information content (AvgIpc) is 4.29. The van der Waals surface area contributed by atoms with Gasteiger partial charge in [0.2, 0.25) is 5.95 Å². The minimum atomic E-state index is 0.0240. The van der Waals surface area contributed by atoms with Gasteiger partial charge in [-0.1, -0.05) is 152 Å². The third-order valence-corrected chi connectivity index (χ3v) is 18.8. The van der Waals surface area contributed by atoms with Gasteiger partial charge >= 0.3 is 0 Å². The van der Waals surface area contributed by atoms with Gasteiger partial charge in [0.1, 0.15) is 5.82 Å². The molecule has 0 N–H and O–H groups in total. The van der Waals surface area contributed by atoms with E-state index >= 15 is 0 Å². The Morgan fingerprint density at radius 3 is 1.53 bits per heavy atom. The molecule has 0 saturated carbocycles. The van der Waals surface area contributed by atoms with Crippen molar-refractivity contribution in [1.29, 1.82) is 0 Å². The van der Waals surface area contributed by atoms with Crippen LogP contribution in [0.25, 0.3) is 61.1 Å². The molecule has 2 aromatic heterocycles. The Kier molecular flexibility index (Phi) is 9.79. The SMILES string of the molecule is C1=CCC(c2nc(-c3ccccc3)nc(N3c4ccc(-c5ccc6c(c5)c5cc(-c7ccc8c(c7)C7Sc9ccccc9C7N8c7ccccc7)ccc5n6-c5ccccc5)cc4C4Sc5ccccc5C43)n2)C=C1. The molecule has 8 heteroatoms. The molecule has 0 saturated heterocycles. The van der Waals surface area contributed by atoms with Gasteiger partial charge in [-0.05, 0) is 136 Å². The van der Waals surface area contributed by atoms with Crippen molar-refractivity contribution in [3.8, 4) is 39.3 Å². The van der Waals surface area contributed by atoms with Gasteiger partial charge in [-0.3, -0.25) is 0 Å². The average molecular weight is 999 g/mol. The molecule has 11 aromatic rings. The highest BCUT2D eigenvalue weighted by Gasteiger charge is 2.48. The number of aromatic nitrogens is 4. The number of para-hydroxylation sites is 2. The first-order chi connectivity index (χ1) is 37.2. The molecule has 0 bridgehead atoms. The second-order valence-corrected chi connectivity index (χ2v) is 22.5. The molecule has 356 valence electrons. The van der Waals surface area contributed by atoms with Gasteiger partial charge in [0.05, 0.1) is 33.6 Å². The van der Waals surface area contributed by atoms with Crippen molar-refractivity contribution in [2.45, 2.75) is 44.7 Å². The standard InChI is InChI=1S/C67H46N6S2/c1-5-17-41(18-6-1)65-68-66(42-19-7-2-8-20-42)70-67(69-65)73-58-36-32-46(40-54(58)64-62(73)50-26-14-16-28-60(50)75-64)44-30-34-56-52(38-44)51-37-43(29-33-55(51)71(56)47-21-9-3-10-22-47)45-31-35-57-53(39-45)63-61(49-25-13-15-27-59(49)74-63)72(57)48-23-11-4-12-24-48/h1-19,21-40,42,61-64H,20H2. The maximum Gasteiger partial charge on any atom is 0.234 e. The van der Waals surface area contributed by atoms with Crippen molar-refractivity contribution in [2.24, 2.45) is 0 Å². The van der Waals surface area contributed by atoms with E-state index in [2.05, 4.69) is 245 Å². The lowest BCUT2D eigenvalue weighted by Crippen LogP contribution is -2.23. The number of hydrogen-bond donors (Lipinski definition) is 0. The van der Waals surface area contributed by atoms with E-state index in [0.29, 0.717) is 17.0 Å². The molecule has 9 aromatic carbocycles. The summed E-state index contributed by atoms with van der Waals surface area (Å²) in [6.07, 6.45) is 9.49. The first-order valence-corrected chi connectivity index (χ1v) is 27.7. The Bertz CT molecular complexity index is 4170. The molecule has 4 aliphatic heterocycles. The number of fused-ring (bicyclic) bond motifs is 13. The second-order valence-electron chi connectivity index (χ2n) is 20.1. The maximum absolute atomic E-state index is 5.36. The van der Waals surface area contributed by atoms with Gasteiger partial charge in [0, 0.05) is 54.8 Å². The van der Waals surface area contributed by atoms with E-state index in [1.807, 2.05) is 29.6 Å². The Labute approximate surface area is 443 Å². The molecule has 5 aliphatic rings. The summed E-state index contributed by atoms with van der Waals surface area (Å²) in [5, 5.41) is 2.92. The van der Waals surface area contributed by atoms with Crippen molar-refractivity contribution < 1.29 is 0 Å². The van der Waals surface area contributed by atoms with Crippen LogP contribution in [0.4, 0.5) is 23.0 Å². The van der Waals surface area contributed by atoms with Crippen LogP contribution in [0.5, 0.6) is 0 Å². The molecule has 75 heavy (non-hydrogen) atoms. The second kappa shape index (κ2) is 17.1. The number of allylic oxidation sites excluding steroid dienone is 4. The largest absolute Gasteiger partial charge is 0.332 e. The van der Waals surface area contributed by atoms with Crippen molar-refractivity contribution in [2.75, 3.05) is 9.80 Å². The highest BCUT2D eigenvalue weighted by atomic mass is 32.2. The predicted octanol–water partition coefficient (Wildman–Crippen LogP) is 17.6. The van der Waals surface area contributed by atoms with Gasteiger partial charge in [0.15, 0.2) is 5.82 Å². The normalized spacial score (nSPS) is 19.5. The van der Waals surface area contributed by atoms with Crippen LogP contribution in [0, 0.1) is 0 Å². The number of anilines is 4. The molecule has 0 radical (unpaired) electrons. The molecule has 0 amide bonds. The smallest absolute Gasteiger partial charge is 0.234 e. The predicted molar refractivity (Wildman–Crippen MR) is 309 cm³/mol. The highest BCUT2D eigenvalue weighted by molar-refractivity contribution is 8.00. The van der Waals surface area contributed by atoms with Crippen LogP contribution in [0.1, 0.15) is 63.0 Å². The van der Waals surface area contributed by atoms with Crippen LogP contribution >= 0.6 is 23.5 Å². The summed E-state index contributed by atoms with van der Waals surface area (Å²) in [5.41, 5.74) is 18.4. The minimum Gasteiger partial charge on any atom is -0.332 e. The monoisotopic (exact) mass is 998 g/mol. The summed E-state index contributed by atoms with van der Waals surface area (Å²) >= 11 is 3.97. The number of benzene rings is 9. The molecule has 16 rings (SSSR count). The van der Waals surface area contributed by atoms with Crippen molar-refractivity contribution in [1.82, 2.24) is 19.5 Å². The lowest BCUT2D eigenvalue weighted by molar-refractivity contribution is 0.699. The van der Waals surface area contributed by atoms with Gasteiger partial charge in [-0.15, -0.1) is 23.5 Å². The molecule has 1 aliphatic carbocycles. The number of thioether (sulfide) groups is 2. The van der Waals surface area contributed by atoms with E-state index in [9.17, 15) is 0 Å². The molecule has 6 nitrogen and oxygen atoms in total. The van der Waals surface area contributed by atoms with Gasteiger partial charge in [-0.25, -0.2) is 4.98 Å². The number of hydrogen-bond acceptors (Lipinski definition) is 7. The third kappa shape index (κ3) is 6.79. The summed E-state index contributed by atoms with van der Waals surface area (Å²) in [6, 6.07) is 78.6. The molecular formula is C67H46N6S2. The molecule has 0 fully saturated rings. The zero-order valence-corrected chi connectivity index (χ0v) is 42.2. The number of rotatable bonds is 7. The van der Waals surface area contributed by atoms with E-state index < -0.39 is 0 Å². The molecule has 0 spiro atoms. The molecule has 5 atom stereocenters. The Hall–Kier alpha value is -8.43. The Morgan fingerprint density at radius 1 is 0.413 bits per heavy atom. The first kappa shape index (κ1) is 43.0. The van der Waals surface area contributed by atoms with E-state index in [-0.39, 0.29) is 23.3 Å². The fourth-order valence-corrected chi connectivity index (χ4v) is 15.5. The van der Waals surface area contributed by atoms with Crippen LogP contribution in [0.15, 0.2) is 246 Å². The summed E-state index contributed by atoms with van der Waals surface area (Å²) < 4.78 is 2.43.